The van der Waals surface area contributed by atoms with Crippen molar-refractivity contribution < 1.29 is 4.79 Å². The zero-order valence-electron chi connectivity index (χ0n) is 8.84. The maximum atomic E-state index is 10.5. The van der Waals surface area contributed by atoms with Gasteiger partial charge in [-0.05, 0) is 16.7 Å². The first kappa shape index (κ1) is 10.6. The molecule has 80 valence electrons. The molecule has 0 amide bonds. The van der Waals surface area contributed by atoms with Crippen LogP contribution in [0.5, 0.6) is 0 Å². The summed E-state index contributed by atoms with van der Waals surface area (Å²) in [5, 5.41) is 0. The summed E-state index contributed by atoms with van der Waals surface area (Å²) in [6.45, 7) is 0. The Bertz CT molecular complexity index is 462. The Morgan fingerprint density at radius 2 is 1.44 bits per heavy atom. The van der Waals surface area contributed by atoms with Crippen molar-refractivity contribution in [2.24, 2.45) is 5.73 Å². The van der Waals surface area contributed by atoms with Gasteiger partial charge in [0.15, 0.2) is 0 Å². The normalized spacial score (nSPS) is 12.1. The Labute approximate surface area is 94.7 Å². The zero-order valence-corrected chi connectivity index (χ0v) is 8.84. The topological polar surface area (TPSA) is 43.1 Å². The SMILES string of the molecule is NC(C=O)c1ccc(-c2ccccc2)cc1. The molecular weight excluding hydrogens is 198 g/mol. The van der Waals surface area contributed by atoms with E-state index >= 15 is 0 Å². The minimum atomic E-state index is -0.523. The molecule has 0 aromatic heterocycles. The van der Waals surface area contributed by atoms with Gasteiger partial charge in [0.05, 0.1) is 6.04 Å². The van der Waals surface area contributed by atoms with Crippen molar-refractivity contribution in [3.63, 3.8) is 0 Å². The van der Waals surface area contributed by atoms with E-state index in [0.29, 0.717) is 0 Å². The average Bonchev–Trinajstić information content (AvgIpc) is 2.39. The van der Waals surface area contributed by atoms with Gasteiger partial charge in [-0.1, -0.05) is 54.6 Å². The number of hydrogen-bond acceptors (Lipinski definition) is 2. The molecular formula is C14H13NO. The van der Waals surface area contributed by atoms with E-state index in [1.807, 2.05) is 42.5 Å². The predicted octanol–water partition coefficient (Wildman–Crippen LogP) is 2.55. The molecule has 0 saturated carbocycles. The molecule has 2 aromatic carbocycles. The number of carbonyl (C=O) groups is 1. The minimum Gasteiger partial charge on any atom is -0.318 e. The monoisotopic (exact) mass is 211 g/mol. The van der Waals surface area contributed by atoms with Gasteiger partial charge in [0.1, 0.15) is 6.29 Å². The summed E-state index contributed by atoms with van der Waals surface area (Å²) < 4.78 is 0. The van der Waals surface area contributed by atoms with Crippen LogP contribution in [0, 0.1) is 0 Å². The van der Waals surface area contributed by atoms with Crippen LogP contribution >= 0.6 is 0 Å². The molecule has 2 rings (SSSR count). The molecule has 16 heavy (non-hydrogen) atoms. The maximum Gasteiger partial charge on any atom is 0.141 e. The van der Waals surface area contributed by atoms with Crippen LogP contribution in [0.1, 0.15) is 11.6 Å². The van der Waals surface area contributed by atoms with Crippen LogP contribution in [0.2, 0.25) is 0 Å². The van der Waals surface area contributed by atoms with Crippen molar-refractivity contribution in [2.45, 2.75) is 6.04 Å². The predicted molar refractivity (Wildman–Crippen MR) is 64.9 cm³/mol. The van der Waals surface area contributed by atoms with Gasteiger partial charge < -0.3 is 10.5 Å². The summed E-state index contributed by atoms with van der Waals surface area (Å²) in [6.07, 6.45) is 0.748. The van der Waals surface area contributed by atoms with E-state index in [0.717, 1.165) is 23.0 Å². The van der Waals surface area contributed by atoms with Crippen molar-refractivity contribution >= 4 is 6.29 Å². The third kappa shape index (κ3) is 2.18. The second-order valence-electron chi connectivity index (χ2n) is 3.65. The van der Waals surface area contributed by atoms with Crippen molar-refractivity contribution in [1.82, 2.24) is 0 Å². The fourth-order valence-corrected chi connectivity index (χ4v) is 1.61. The number of carbonyl (C=O) groups excluding carboxylic acids is 1. The molecule has 0 saturated heterocycles. The first-order valence-corrected chi connectivity index (χ1v) is 5.17. The molecule has 0 heterocycles. The van der Waals surface area contributed by atoms with Crippen LogP contribution < -0.4 is 5.73 Å². The van der Waals surface area contributed by atoms with Crippen LogP contribution in [-0.2, 0) is 4.79 Å². The lowest BCUT2D eigenvalue weighted by Crippen LogP contribution is -2.10. The van der Waals surface area contributed by atoms with Crippen molar-refractivity contribution in [3.8, 4) is 11.1 Å². The minimum absolute atomic E-state index is 0.523. The molecule has 2 aromatic rings. The summed E-state index contributed by atoms with van der Waals surface area (Å²) in [5.74, 6) is 0. The molecule has 0 fully saturated rings. The van der Waals surface area contributed by atoms with Gasteiger partial charge in [-0.3, -0.25) is 0 Å². The van der Waals surface area contributed by atoms with Gasteiger partial charge in [-0.15, -0.1) is 0 Å². The van der Waals surface area contributed by atoms with Crippen molar-refractivity contribution in [3.05, 3.63) is 60.2 Å². The van der Waals surface area contributed by atoms with Crippen LogP contribution in [0.15, 0.2) is 54.6 Å². The summed E-state index contributed by atoms with van der Waals surface area (Å²) in [7, 11) is 0. The van der Waals surface area contributed by atoms with Gasteiger partial charge in [-0.2, -0.15) is 0 Å². The van der Waals surface area contributed by atoms with Crippen molar-refractivity contribution in [2.75, 3.05) is 0 Å². The van der Waals surface area contributed by atoms with Gasteiger partial charge in [0.25, 0.3) is 0 Å². The lowest BCUT2D eigenvalue weighted by molar-refractivity contribution is -0.109. The molecule has 0 radical (unpaired) electrons. The largest absolute Gasteiger partial charge is 0.318 e. The summed E-state index contributed by atoms with van der Waals surface area (Å²) in [4.78, 5) is 10.5. The highest BCUT2D eigenvalue weighted by molar-refractivity contribution is 5.66. The molecule has 0 bridgehead atoms. The molecule has 0 aliphatic carbocycles. The van der Waals surface area contributed by atoms with Crippen LogP contribution in [0.3, 0.4) is 0 Å². The first-order valence-electron chi connectivity index (χ1n) is 5.17. The van der Waals surface area contributed by atoms with Gasteiger partial charge in [-0.25, -0.2) is 0 Å². The Kier molecular flexibility index (Phi) is 3.13. The Morgan fingerprint density at radius 1 is 0.875 bits per heavy atom. The highest BCUT2D eigenvalue weighted by Gasteiger charge is 2.03. The first-order chi connectivity index (χ1) is 7.81. The fraction of sp³-hybridized carbons (Fsp3) is 0.0714. The van der Waals surface area contributed by atoms with Gasteiger partial charge >= 0.3 is 0 Å². The lowest BCUT2D eigenvalue weighted by atomic mass is 10.0. The fourth-order valence-electron chi connectivity index (χ4n) is 1.61. The number of nitrogens with two attached hydrogens (primary N) is 1. The van der Waals surface area contributed by atoms with Crippen LogP contribution in [0.25, 0.3) is 11.1 Å². The van der Waals surface area contributed by atoms with E-state index in [-0.39, 0.29) is 0 Å². The highest BCUT2D eigenvalue weighted by Crippen LogP contribution is 2.20. The smallest absolute Gasteiger partial charge is 0.141 e. The van der Waals surface area contributed by atoms with E-state index in [1.165, 1.54) is 0 Å². The highest BCUT2D eigenvalue weighted by atomic mass is 16.1. The molecule has 1 unspecified atom stereocenters. The summed E-state index contributed by atoms with van der Waals surface area (Å²) in [5.41, 5.74) is 8.75. The molecule has 2 nitrogen and oxygen atoms in total. The van der Waals surface area contributed by atoms with E-state index in [2.05, 4.69) is 12.1 Å². The third-order valence-corrected chi connectivity index (χ3v) is 2.55. The molecule has 2 N–H and O–H groups in total. The van der Waals surface area contributed by atoms with E-state index in [4.69, 9.17) is 5.73 Å². The molecule has 1 atom stereocenters. The van der Waals surface area contributed by atoms with Crippen LogP contribution in [0.4, 0.5) is 0 Å². The van der Waals surface area contributed by atoms with E-state index in [1.54, 1.807) is 0 Å². The second-order valence-corrected chi connectivity index (χ2v) is 3.65. The number of aldehydes is 1. The second kappa shape index (κ2) is 4.73. The van der Waals surface area contributed by atoms with E-state index in [9.17, 15) is 4.79 Å². The molecule has 2 heteroatoms. The lowest BCUT2D eigenvalue weighted by Gasteiger charge is -2.06. The van der Waals surface area contributed by atoms with Gasteiger partial charge in [0.2, 0.25) is 0 Å². The van der Waals surface area contributed by atoms with E-state index < -0.39 is 6.04 Å². The average molecular weight is 211 g/mol. The number of rotatable bonds is 3. The third-order valence-electron chi connectivity index (χ3n) is 2.55. The Balaban J connectivity index is 2.30. The zero-order chi connectivity index (χ0) is 11.4. The molecule has 0 aliphatic rings. The quantitative estimate of drug-likeness (QED) is 0.793. The maximum absolute atomic E-state index is 10.5. The van der Waals surface area contributed by atoms with Crippen LogP contribution in [-0.4, -0.2) is 6.29 Å². The molecule has 0 aliphatic heterocycles. The standard InChI is InChI=1S/C14H13NO/c15-14(10-16)13-8-6-12(7-9-13)11-4-2-1-3-5-11/h1-10,14H,15H2. The number of benzene rings is 2. The summed E-state index contributed by atoms with van der Waals surface area (Å²) >= 11 is 0. The Morgan fingerprint density at radius 3 is 2.00 bits per heavy atom. The van der Waals surface area contributed by atoms with Gasteiger partial charge in [0, 0.05) is 0 Å². The van der Waals surface area contributed by atoms with Crippen molar-refractivity contribution in [1.29, 1.82) is 0 Å². The number of hydrogen-bond donors (Lipinski definition) is 1. The Hall–Kier alpha value is -1.93. The summed E-state index contributed by atoms with van der Waals surface area (Å²) in [6, 6.07) is 17.3. The molecule has 0 spiro atoms.